The monoisotopic (exact) mass is 335 g/mol. The molecule has 134 valence electrons. The van der Waals surface area contributed by atoms with E-state index in [9.17, 15) is 9.59 Å². The quantitative estimate of drug-likeness (QED) is 0.828. The normalized spacial score (nSPS) is 14.8. The van der Waals surface area contributed by atoms with Gasteiger partial charge in [0.25, 0.3) is 11.8 Å². The maximum atomic E-state index is 13.1. The number of ether oxygens (including phenoxy) is 1. The lowest BCUT2D eigenvalue weighted by Gasteiger charge is -2.27. The zero-order valence-electron chi connectivity index (χ0n) is 15.5. The van der Waals surface area contributed by atoms with Crippen LogP contribution >= 0.6 is 0 Å². The fourth-order valence-electron chi connectivity index (χ4n) is 3.21. The van der Waals surface area contributed by atoms with E-state index in [0.29, 0.717) is 37.4 Å². The molecular formula is C18H29N3O3. The molecule has 1 saturated heterocycles. The lowest BCUT2D eigenvalue weighted by molar-refractivity contribution is 0.0301. The number of carbonyl (C=O) groups excluding carboxylic acids is 2. The highest BCUT2D eigenvalue weighted by atomic mass is 16.5. The van der Waals surface area contributed by atoms with Gasteiger partial charge >= 0.3 is 0 Å². The molecule has 2 heterocycles. The summed E-state index contributed by atoms with van der Waals surface area (Å²) < 4.78 is 7.46. The van der Waals surface area contributed by atoms with Crippen molar-refractivity contribution < 1.29 is 14.3 Å². The minimum atomic E-state index is -0.109. The Hall–Kier alpha value is -1.82. The van der Waals surface area contributed by atoms with Gasteiger partial charge in [-0.1, -0.05) is 13.3 Å². The number of amides is 2. The molecule has 0 radical (unpaired) electrons. The van der Waals surface area contributed by atoms with Gasteiger partial charge < -0.3 is 19.1 Å². The van der Waals surface area contributed by atoms with Gasteiger partial charge in [0.2, 0.25) is 0 Å². The first-order valence-electron chi connectivity index (χ1n) is 8.68. The molecule has 6 heteroatoms. The molecule has 0 saturated carbocycles. The lowest BCUT2D eigenvalue weighted by atomic mass is 10.1. The summed E-state index contributed by atoms with van der Waals surface area (Å²) in [6, 6.07) is 0. The highest BCUT2D eigenvalue weighted by molar-refractivity contribution is 6.09. The third-order valence-corrected chi connectivity index (χ3v) is 4.65. The molecule has 1 aromatic rings. The van der Waals surface area contributed by atoms with E-state index in [-0.39, 0.29) is 11.8 Å². The van der Waals surface area contributed by atoms with Crippen molar-refractivity contribution in [1.82, 2.24) is 14.4 Å². The summed E-state index contributed by atoms with van der Waals surface area (Å²) in [5.74, 6) is -0.165. The molecule has 1 aliphatic rings. The topological polar surface area (TPSA) is 54.8 Å². The van der Waals surface area contributed by atoms with Crippen LogP contribution in [-0.4, -0.2) is 66.6 Å². The average molecular weight is 335 g/mol. The van der Waals surface area contributed by atoms with E-state index in [1.807, 2.05) is 13.8 Å². The number of hydrogen-bond acceptors (Lipinski definition) is 3. The Bertz CT molecular complexity index is 614. The van der Waals surface area contributed by atoms with Crippen molar-refractivity contribution in [3.8, 4) is 0 Å². The number of carbonyl (C=O) groups is 2. The molecular weight excluding hydrogens is 306 g/mol. The van der Waals surface area contributed by atoms with Crippen LogP contribution in [-0.2, 0) is 11.3 Å². The van der Waals surface area contributed by atoms with Gasteiger partial charge in [0.05, 0.1) is 24.3 Å². The van der Waals surface area contributed by atoms with E-state index >= 15 is 0 Å². The Balaban J connectivity index is 2.50. The van der Waals surface area contributed by atoms with Gasteiger partial charge in [-0.2, -0.15) is 0 Å². The number of rotatable bonds is 5. The first-order chi connectivity index (χ1) is 11.4. The Kier molecular flexibility index (Phi) is 6.04. The highest BCUT2D eigenvalue weighted by Gasteiger charge is 2.31. The van der Waals surface area contributed by atoms with Gasteiger partial charge in [-0.3, -0.25) is 9.59 Å². The van der Waals surface area contributed by atoms with Crippen LogP contribution in [0.3, 0.4) is 0 Å². The maximum Gasteiger partial charge on any atom is 0.256 e. The van der Waals surface area contributed by atoms with Crippen molar-refractivity contribution in [2.24, 2.45) is 0 Å². The number of unbranched alkanes of at least 4 members (excludes halogenated alkanes) is 1. The van der Waals surface area contributed by atoms with Crippen LogP contribution in [0.15, 0.2) is 0 Å². The van der Waals surface area contributed by atoms with Gasteiger partial charge in [0, 0.05) is 45.1 Å². The average Bonchev–Trinajstić information content (AvgIpc) is 2.82. The third kappa shape index (κ3) is 3.48. The molecule has 1 aromatic heterocycles. The molecule has 24 heavy (non-hydrogen) atoms. The predicted octanol–water partition coefficient (Wildman–Crippen LogP) is 2.08. The van der Waals surface area contributed by atoms with Crippen LogP contribution in [0.2, 0.25) is 0 Å². The van der Waals surface area contributed by atoms with Crippen LogP contribution in [0.25, 0.3) is 0 Å². The molecule has 0 atom stereocenters. The van der Waals surface area contributed by atoms with E-state index < -0.39 is 0 Å². The fourth-order valence-corrected chi connectivity index (χ4v) is 3.21. The summed E-state index contributed by atoms with van der Waals surface area (Å²) >= 11 is 0. The number of morpholine rings is 1. The highest BCUT2D eigenvalue weighted by Crippen LogP contribution is 2.26. The van der Waals surface area contributed by atoms with Crippen molar-refractivity contribution in [2.75, 3.05) is 40.4 Å². The van der Waals surface area contributed by atoms with Crippen LogP contribution in [0.1, 0.15) is 51.9 Å². The molecule has 0 unspecified atom stereocenters. The first-order valence-corrected chi connectivity index (χ1v) is 8.68. The molecule has 6 nitrogen and oxygen atoms in total. The zero-order valence-corrected chi connectivity index (χ0v) is 15.5. The molecule has 0 aliphatic carbocycles. The molecule has 2 amide bonds. The number of nitrogens with zero attached hydrogens (tertiary/aromatic N) is 3. The smallest absolute Gasteiger partial charge is 0.256 e. The van der Waals surface area contributed by atoms with Crippen molar-refractivity contribution in [3.05, 3.63) is 22.5 Å². The second-order valence-electron chi connectivity index (χ2n) is 6.53. The molecule has 0 aromatic carbocycles. The minimum absolute atomic E-state index is 0.0562. The largest absolute Gasteiger partial charge is 0.378 e. The zero-order chi connectivity index (χ0) is 17.9. The summed E-state index contributed by atoms with van der Waals surface area (Å²) in [6.07, 6.45) is 2.10. The van der Waals surface area contributed by atoms with E-state index in [2.05, 4.69) is 11.5 Å². The van der Waals surface area contributed by atoms with Crippen LogP contribution in [0.4, 0.5) is 0 Å². The van der Waals surface area contributed by atoms with Gasteiger partial charge in [-0.15, -0.1) is 0 Å². The van der Waals surface area contributed by atoms with E-state index in [0.717, 1.165) is 30.8 Å². The second-order valence-corrected chi connectivity index (χ2v) is 6.53. The number of aromatic nitrogens is 1. The SMILES string of the molecule is CCCCn1c(C)c(C(=O)N(C)C)c(C(=O)N2CCOCC2)c1C. The predicted molar refractivity (Wildman–Crippen MR) is 93.6 cm³/mol. The van der Waals surface area contributed by atoms with Gasteiger partial charge in [-0.05, 0) is 20.3 Å². The Morgan fingerprint density at radius 3 is 2.21 bits per heavy atom. The Labute approximate surface area is 144 Å². The Morgan fingerprint density at radius 1 is 1.08 bits per heavy atom. The number of hydrogen-bond donors (Lipinski definition) is 0. The van der Waals surface area contributed by atoms with Crippen LogP contribution in [0.5, 0.6) is 0 Å². The summed E-state index contributed by atoms with van der Waals surface area (Å²) in [6.45, 7) is 9.12. The minimum Gasteiger partial charge on any atom is -0.378 e. The first kappa shape index (κ1) is 18.5. The third-order valence-electron chi connectivity index (χ3n) is 4.65. The van der Waals surface area contributed by atoms with E-state index in [1.165, 1.54) is 0 Å². The molecule has 0 spiro atoms. The Morgan fingerprint density at radius 2 is 1.67 bits per heavy atom. The van der Waals surface area contributed by atoms with Crippen molar-refractivity contribution in [1.29, 1.82) is 0 Å². The van der Waals surface area contributed by atoms with E-state index in [4.69, 9.17) is 4.74 Å². The van der Waals surface area contributed by atoms with Crippen molar-refractivity contribution in [3.63, 3.8) is 0 Å². The maximum absolute atomic E-state index is 13.1. The molecule has 0 N–H and O–H groups in total. The summed E-state index contributed by atoms with van der Waals surface area (Å²) in [4.78, 5) is 29.2. The van der Waals surface area contributed by atoms with Crippen LogP contribution < -0.4 is 0 Å². The van der Waals surface area contributed by atoms with Crippen molar-refractivity contribution >= 4 is 11.8 Å². The van der Waals surface area contributed by atoms with Crippen LogP contribution in [0, 0.1) is 13.8 Å². The van der Waals surface area contributed by atoms with Gasteiger partial charge in [-0.25, -0.2) is 0 Å². The lowest BCUT2D eigenvalue weighted by Crippen LogP contribution is -2.41. The van der Waals surface area contributed by atoms with Gasteiger partial charge in [0.15, 0.2) is 0 Å². The van der Waals surface area contributed by atoms with E-state index in [1.54, 1.807) is 23.9 Å². The molecule has 1 fully saturated rings. The summed E-state index contributed by atoms with van der Waals surface area (Å²) in [5, 5.41) is 0. The molecule has 1 aliphatic heterocycles. The summed E-state index contributed by atoms with van der Waals surface area (Å²) in [7, 11) is 3.45. The van der Waals surface area contributed by atoms with Crippen molar-refractivity contribution in [2.45, 2.75) is 40.2 Å². The summed E-state index contributed by atoms with van der Waals surface area (Å²) in [5.41, 5.74) is 2.88. The molecule has 2 rings (SSSR count). The second kappa shape index (κ2) is 7.83. The standard InChI is InChI=1S/C18H29N3O3/c1-6-7-8-21-13(2)15(17(22)19(4)5)16(14(21)3)18(23)20-9-11-24-12-10-20/h6-12H2,1-5H3. The fraction of sp³-hybridized carbons (Fsp3) is 0.667. The molecule has 0 bridgehead atoms. The van der Waals surface area contributed by atoms with Gasteiger partial charge in [0.1, 0.15) is 0 Å².